The summed E-state index contributed by atoms with van der Waals surface area (Å²) in [5.74, 6) is 2.14. The van der Waals surface area contributed by atoms with Gasteiger partial charge in [0.1, 0.15) is 35.2 Å². The molecule has 0 radical (unpaired) electrons. The van der Waals surface area contributed by atoms with Crippen molar-refractivity contribution in [3.8, 4) is 23.0 Å². The third-order valence-corrected chi connectivity index (χ3v) is 6.19. The van der Waals surface area contributed by atoms with E-state index in [4.69, 9.17) is 9.47 Å². The minimum atomic E-state index is -0.343. The maximum atomic E-state index is 10.2. The van der Waals surface area contributed by atoms with Crippen molar-refractivity contribution in [3.63, 3.8) is 0 Å². The van der Waals surface area contributed by atoms with E-state index in [-0.39, 0.29) is 34.5 Å². The van der Waals surface area contributed by atoms with E-state index in [0.29, 0.717) is 0 Å². The highest BCUT2D eigenvalue weighted by molar-refractivity contribution is 5.55. The second-order valence-corrected chi connectivity index (χ2v) is 8.79. The van der Waals surface area contributed by atoms with E-state index in [0.717, 1.165) is 33.8 Å². The summed E-state index contributed by atoms with van der Waals surface area (Å²) in [6.07, 6.45) is -0.410. The summed E-state index contributed by atoms with van der Waals surface area (Å²) in [6, 6.07) is 7.41. The first kappa shape index (κ1) is 17.1. The van der Waals surface area contributed by atoms with Crippen LogP contribution >= 0.6 is 0 Å². The van der Waals surface area contributed by atoms with Gasteiger partial charge in [-0.15, -0.1) is 0 Å². The average molecular weight is 354 g/mol. The van der Waals surface area contributed by atoms with Crippen LogP contribution in [-0.2, 0) is 10.8 Å². The third-order valence-electron chi connectivity index (χ3n) is 6.19. The first-order valence-electron chi connectivity index (χ1n) is 9.05. The van der Waals surface area contributed by atoms with Crippen LogP contribution in [0.1, 0.15) is 49.9 Å². The summed E-state index contributed by atoms with van der Waals surface area (Å²) in [5.41, 5.74) is 2.81. The fourth-order valence-corrected chi connectivity index (χ4v) is 4.30. The van der Waals surface area contributed by atoms with Gasteiger partial charge in [0.05, 0.1) is 0 Å². The van der Waals surface area contributed by atoms with Gasteiger partial charge in [0.25, 0.3) is 0 Å². The molecule has 0 aromatic heterocycles. The first-order chi connectivity index (χ1) is 12.0. The van der Waals surface area contributed by atoms with Crippen LogP contribution < -0.4 is 9.47 Å². The molecule has 2 N–H and O–H groups in total. The Bertz CT molecular complexity index is 835. The van der Waals surface area contributed by atoms with Crippen molar-refractivity contribution < 1.29 is 19.7 Å². The van der Waals surface area contributed by atoms with E-state index in [2.05, 4.69) is 27.7 Å². The molecule has 0 aliphatic carbocycles. The van der Waals surface area contributed by atoms with Gasteiger partial charge in [0, 0.05) is 22.0 Å². The lowest BCUT2D eigenvalue weighted by Gasteiger charge is -2.53. The van der Waals surface area contributed by atoms with E-state index in [9.17, 15) is 10.2 Å². The second kappa shape index (κ2) is 5.09. The highest BCUT2D eigenvalue weighted by atomic mass is 16.6. The first-order valence-corrected chi connectivity index (χ1v) is 9.05. The van der Waals surface area contributed by atoms with Crippen LogP contribution in [0.4, 0.5) is 0 Å². The van der Waals surface area contributed by atoms with E-state index in [1.165, 1.54) is 0 Å². The Morgan fingerprint density at radius 2 is 1.04 bits per heavy atom. The minimum absolute atomic E-state index is 0.205. The van der Waals surface area contributed by atoms with Crippen LogP contribution in [0.2, 0.25) is 0 Å². The van der Waals surface area contributed by atoms with Crippen molar-refractivity contribution >= 4 is 0 Å². The van der Waals surface area contributed by atoms with Gasteiger partial charge in [-0.3, -0.25) is 0 Å². The highest BCUT2D eigenvalue weighted by Gasteiger charge is 2.55. The molecule has 0 bridgehead atoms. The van der Waals surface area contributed by atoms with E-state index < -0.39 is 0 Å². The number of fused-ring (bicyclic) bond motifs is 3. The monoisotopic (exact) mass is 354 g/mol. The van der Waals surface area contributed by atoms with Gasteiger partial charge in [-0.2, -0.15) is 0 Å². The Hall–Kier alpha value is -2.36. The Kier molecular flexibility index (Phi) is 3.34. The molecule has 138 valence electrons. The molecule has 26 heavy (non-hydrogen) atoms. The van der Waals surface area contributed by atoms with Crippen molar-refractivity contribution in [2.24, 2.45) is 0 Å². The zero-order chi connectivity index (χ0) is 19.0. The average Bonchev–Trinajstić information content (AvgIpc) is 2.54. The van der Waals surface area contributed by atoms with Crippen molar-refractivity contribution in [2.75, 3.05) is 0 Å². The van der Waals surface area contributed by atoms with Gasteiger partial charge in [-0.1, -0.05) is 27.7 Å². The van der Waals surface area contributed by atoms with Crippen LogP contribution in [0, 0.1) is 13.8 Å². The second-order valence-electron chi connectivity index (χ2n) is 8.79. The zero-order valence-corrected chi connectivity index (χ0v) is 16.2. The molecule has 4 nitrogen and oxygen atoms in total. The smallest absolute Gasteiger partial charge is 0.145 e. The van der Waals surface area contributed by atoms with Crippen LogP contribution in [-0.4, -0.2) is 22.4 Å². The quantitative estimate of drug-likeness (QED) is 0.732. The molecule has 0 spiro atoms. The molecule has 2 aliphatic rings. The minimum Gasteiger partial charge on any atom is -0.508 e. The number of phenols is 2. The van der Waals surface area contributed by atoms with Gasteiger partial charge < -0.3 is 19.7 Å². The standard InChI is InChI=1S/C22H26O4/c1-11-7-17-13(9-15(11)23)21(3,4)20-19(25-17)22(5,6)14-10-16(24)12(2)8-18(14)26-20/h7-10,19-20,23-24H,1-6H3. The fourth-order valence-electron chi connectivity index (χ4n) is 4.30. The number of hydrogen-bond donors (Lipinski definition) is 2. The number of rotatable bonds is 0. The number of ether oxygens (including phenoxy) is 2. The van der Waals surface area contributed by atoms with Gasteiger partial charge in [-0.25, -0.2) is 0 Å². The van der Waals surface area contributed by atoms with Crippen LogP contribution in [0.15, 0.2) is 24.3 Å². The summed E-state index contributed by atoms with van der Waals surface area (Å²) in [6.45, 7) is 12.3. The topological polar surface area (TPSA) is 58.9 Å². The lowest BCUT2D eigenvalue weighted by molar-refractivity contribution is -0.0601. The summed E-state index contributed by atoms with van der Waals surface area (Å²) < 4.78 is 12.9. The normalized spacial score (nSPS) is 24.5. The van der Waals surface area contributed by atoms with Gasteiger partial charge in [0.2, 0.25) is 0 Å². The molecular weight excluding hydrogens is 328 g/mol. The lowest BCUT2D eigenvalue weighted by atomic mass is 9.65. The maximum Gasteiger partial charge on any atom is 0.145 e. The maximum absolute atomic E-state index is 10.2. The Morgan fingerprint density at radius 3 is 1.38 bits per heavy atom. The van der Waals surface area contributed by atoms with E-state index in [1.54, 1.807) is 12.1 Å². The molecule has 2 aliphatic heterocycles. The largest absolute Gasteiger partial charge is 0.508 e. The predicted molar refractivity (Wildman–Crippen MR) is 101 cm³/mol. The van der Waals surface area contributed by atoms with Crippen molar-refractivity contribution in [2.45, 2.75) is 64.6 Å². The van der Waals surface area contributed by atoms with Crippen LogP contribution in [0.3, 0.4) is 0 Å². The molecule has 4 rings (SSSR count). The Balaban J connectivity index is 1.91. The molecule has 2 heterocycles. The molecular formula is C22H26O4. The van der Waals surface area contributed by atoms with E-state index in [1.807, 2.05) is 26.0 Å². The molecule has 4 heteroatoms. The number of aryl methyl sites for hydroxylation is 2. The lowest BCUT2D eigenvalue weighted by Crippen LogP contribution is -2.61. The van der Waals surface area contributed by atoms with Crippen molar-refractivity contribution in [1.29, 1.82) is 0 Å². The van der Waals surface area contributed by atoms with Gasteiger partial charge in [-0.05, 0) is 49.2 Å². The Labute approximate surface area is 154 Å². The Morgan fingerprint density at radius 1 is 0.692 bits per heavy atom. The van der Waals surface area contributed by atoms with Crippen molar-refractivity contribution in [1.82, 2.24) is 0 Å². The number of aromatic hydroxyl groups is 2. The fraction of sp³-hybridized carbons (Fsp3) is 0.455. The molecule has 0 saturated heterocycles. The third kappa shape index (κ3) is 2.14. The summed E-state index contributed by atoms with van der Waals surface area (Å²) >= 11 is 0. The number of phenolic OH excluding ortho intramolecular Hbond substituents is 2. The molecule has 2 unspecified atom stereocenters. The zero-order valence-electron chi connectivity index (χ0n) is 16.2. The van der Waals surface area contributed by atoms with E-state index >= 15 is 0 Å². The molecule has 2 aromatic rings. The van der Waals surface area contributed by atoms with Crippen LogP contribution in [0.25, 0.3) is 0 Å². The molecule has 2 atom stereocenters. The summed E-state index contributed by atoms with van der Waals surface area (Å²) in [5, 5.41) is 20.4. The van der Waals surface area contributed by atoms with Crippen LogP contribution in [0.5, 0.6) is 23.0 Å². The van der Waals surface area contributed by atoms with Gasteiger partial charge >= 0.3 is 0 Å². The molecule has 0 fully saturated rings. The number of benzene rings is 2. The highest BCUT2D eigenvalue weighted by Crippen LogP contribution is 2.53. The SMILES string of the molecule is Cc1cc2c(cc1O)C(C)(C)C1Oc3cc(C)c(O)cc3C(C)(C)C1O2. The molecule has 2 aromatic carbocycles. The van der Waals surface area contributed by atoms with Crippen molar-refractivity contribution in [3.05, 3.63) is 46.5 Å². The molecule has 0 saturated carbocycles. The predicted octanol–water partition coefficient (Wildman–Crippen LogP) is 4.49. The summed E-state index contributed by atoms with van der Waals surface area (Å²) in [4.78, 5) is 0. The molecule has 0 amide bonds. The number of hydrogen-bond acceptors (Lipinski definition) is 4. The summed E-state index contributed by atoms with van der Waals surface area (Å²) in [7, 11) is 0. The van der Waals surface area contributed by atoms with Gasteiger partial charge in [0.15, 0.2) is 0 Å².